The third-order valence-electron chi connectivity index (χ3n) is 3.64. The molecule has 0 radical (unpaired) electrons. The van der Waals surface area contributed by atoms with Crippen LogP contribution in [0.5, 0.6) is 0 Å². The normalized spacial score (nSPS) is 11.0. The second kappa shape index (κ2) is 7.29. The maximum Gasteiger partial charge on any atom is 0.417 e. The molecule has 3 rings (SSSR count). The Balaban J connectivity index is 1.78. The van der Waals surface area contributed by atoms with Crippen LogP contribution in [-0.2, 0) is 17.4 Å². The van der Waals surface area contributed by atoms with E-state index in [1.807, 2.05) is 0 Å². The van der Waals surface area contributed by atoms with Crippen LogP contribution in [0.25, 0.3) is 5.69 Å². The van der Waals surface area contributed by atoms with Crippen LogP contribution in [0.1, 0.15) is 16.8 Å². The fourth-order valence-electron chi connectivity index (χ4n) is 2.41. The van der Waals surface area contributed by atoms with E-state index in [0.717, 1.165) is 12.1 Å². The number of carbonyl (C=O) groups is 1. The van der Waals surface area contributed by atoms with Crippen LogP contribution in [0.15, 0.2) is 55.0 Å². The molecule has 0 spiro atoms. The van der Waals surface area contributed by atoms with Gasteiger partial charge in [0, 0.05) is 24.3 Å². The van der Waals surface area contributed by atoms with Crippen molar-refractivity contribution in [2.45, 2.75) is 12.6 Å². The first-order valence-corrected chi connectivity index (χ1v) is 7.73. The Hall–Kier alpha value is -3.67. The van der Waals surface area contributed by atoms with Gasteiger partial charge in [0.05, 0.1) is 35.0 Å². The summed E-state index contributed by atoms with van der Waals surface area (Å²) in [6.45, 7) is 0. The highest BCUT2D eigenvalue weighted by Crippen LogP contribution is 2.33. The molecule has 27 heavy (non-hydrogen) atoms. The highest BCUT2D eigenvalue weighted by atomic mass is 19.4. The van der Waals surface area contributed by atoms with Crippen molar-refractivity contribution in [3.8, 4) is 11.8 Å². The lowest BCUT2D eigenvalue weighted by atomic mass is 10.1. The minimum atomic E-state index is -4.65. The molecule has 1 N–H and O–H groups in total. The smallest absolute Gasteiger partial charge is 0.326 e. The molecule has 6 nitrogen and oxygen atoms in total. The monoisotopic (exact) mass is 371 g/mol. The molecule has 0 saturated carbocycles. The van der Waals surface area contributed by atoms with Crippen molar-refractivity contribution in [2.75, 3.05) is 5.32 Å². The van der Waals surface area contributed by atoms with E-state index in [-0.39, 0.29) is 18.0 Å². The Morgan fingerprint density at radius 1 is 1.19 bits per heavy atom. The number of hydrogen-bond acceptors (Lipinski definition) is 4. The highest BCUT2D eigenvalue weighted by Gasteiger charge is 2.34. The third kappa shape index (κ3) is 4.30. The molecule has 3 aromatic rings. The van der Waals surface area contributed by atoms with Crippen LogP contribution in [0.2, 0.25) is 0 Å². The van der Waals surface area contributed by atoms with Crippen LogP contribution in [-0.4, -0.2) is 20.7 Å². The first-order chi connectivity index (χ1) is 12.9. The van der Waals surface area contributed by atoms with Crippen LogP contribution in [0.4, 0.5) is 18.9 Å². The van der Waals surface area contributed by atoms with Gasteiger partial charge >= 0.3 is 6.18 Å². The van der Waals surface area contributed by atoms with Crippen molar-refractivity contribution >= 4 is 11.6 Å². The number of carbonyl (C=O) groups excluding carboxylic acids is 1. The molecule has 0 aliphatic carbocycles. The van der Waals surface area contributed by atoms with Gasteiger partial charge in [0.2, 0.25) is 5.91 Å². The van der Waals surface area contributed by atoms with Crippen LogP contribution >= 0.6 is 0 Å². The summed E-state index contributed by atoms with van der Waals surface area (Å²) in [7, 11) is 0. The summed E-state index contributed by atoms with van der Waals surface area (Å²) >= 11 is 0. The lowest BCUT2D eigenvalue weighted by Gasteiger charge is -2.10. The van der Waals surface area contributed by atoms with E-state index in [0.29, 0.717) is 11.4 Å². The SMILES string of the molecule is N#Cc1ccc(-n2ccc(CC(=O)Nc3ccncc3)n2)cc1C(F)(F)F. The number of alkyl halides is 3. The molecule has 2 aromatic heterocycles. The number of benzene rings is 1. The van der Waals surface area contributed by atoms with Crippen LogP contribution in [0.3, 0.4) is 0 Å². The number of halogens is 3. The summed E-state index contributed by atoms with van der Waals surface area (Å²) in [5.41, 5.74) is -0.386. The number of rotatable bonds is 4. The van der Waals surface area contributed by atoms with E-state index >= 15 is 0 Å². The number of hydrogen-bond donors (Lipinski definition) is 1. The molecule has 0 unspecified atom stereocenters. The first kappa shape index (κ1) is 18.1. The van der Waals surface area contributed by atoms with Crippen molar-refractivity contribution < 1.29 is 18.0 Å². The van der Waals surface area contributed by atoms with Crippen LogP contribution < -0.4 is 5.32 Å². The quantitative estimate of drug-likeness (QED) is 0.762. The predicted octanol–water partition coefficient (Wildman–Crippen LogP) is 3.34. The molecule has 0 saturated heterocycles. The molecular formula is C18H12F3N5O. The fourth-order valence-corrected chi connectivity index (χ4v) is 2.41. The molecule has 0 bridgehead atoms. The number of anilines is 1. The Morgan fingerprint density at radius 2 is 1.93 bits per heavy atom. The maximum absolute atomic E-state index is 13.1. The number of nitrogens with one attached hydrogen (secondary N) is 1. The summed E-state index contributed by atoms with van der Waals surface area (Å²) in [4.78, 5) is 15.9. The maximum atomic E-state index is 13.1. The minimum absolute atomic E-state index is 0.0439. The zero-order chi connectivity index (χ0) is 19.4. The van der Waals surface area contributed by atoms with Crippen molar-refractivity contribution in [1.82, 2.24) is 14.8 Å². The highest BCUT2D eigenvalue weighted by molar-refractivity contribution is 5.91. The average molecular weight is 371 g/mol. The van der Waals surface area contributed by atoms with E-state index in [9.17, 15) is 18.0 Å². The zero-order valence-electron chi connectivity index (χ0n) is 13.7. The van der Waals surface area contributed by atoms with Gasteiger partial charge in [-0.1, -0.05) is 0 Å². The van der Waals surface area contributed by atoms with Crippen LogP contribution in [0, 0.1) is 11.3 Å². The van der Waals surface area contributed by atoms with Gasteiger partial charge in [-0.15, -0.1) is 0 Å². The van der Waals surface area contributed by atoms with E-state index < -0.39 is 17.3 Å². The van der Waals surface area contributed by atoms with E-state index in [1.54, 1.807) is 12.1 Å². The molecule has 1 aromatic carbocycles. The fraction of sp³-hybridized carbons (Fsp3) is 0.111. The third-order valence-corrected chi connectivity index (χ3v) is 3.64. The molecule has 2 heterocycles. The van der Waals surface area contributed by atoms with Crippen molar-refractivity contribution in [3.05, 3.63) is 71.8 Å². The zero-order valence-corrected chi connectivity index (χ0v) is 13.7. The second-order valence-electron chi connectivity index (χ2n) is 5.55. The topological polar surface area (TPSA) is 83.6 Å². The summed E-state index contributed by atoms with van der Waals surface area (Å²) in [6.07, 6.45) is -0.170. The molecule has 0 aliphatic rings. The van der Waals surface area contributed by atoms with Gasteiger partial charge in [-0.05, 0) is 36.4 Å². The largest absolute Gasteiger partial charge is 0.417 e. The number of pyridine rings is 1. The van der Waals surface area contributed by atoms with Gasteiger partial charge in [0.1, 0.15) is 0 Å². The Kier molecular flexibility index (Phi) is 4.90. The molecule has 9 heteroatoms. The van der Waals surface area contributed by atoms with Gasteiger partial charge < -0.3 is 5.32 Å². The Labute approximate surface area is 151 Å². The number of amides is 1. The molecule has 136 valence electrons. The first-order valence-electron chi connectivity index (χ1n) is 7.73. The summed E-state index contributed by atoms with van der Waals surface area (Å²) in [6, 6.07) is 9.64. The molecule has 0 fully saturated rings. The van der Waals surface area contributed by atoms with Gasteiger partial charge in [-0.25, -0.2) is 4.68 Å². The van der Waals surface area contributed by atoms with E-state index in [1.165, 1.54) is 41.5 Å². The van der Waals surface area contributed by atoms with Gasteiger partial charge in [0.15, 0.2) is 0 Å². The molecule has 1 amide bonds. The van der Waals surface area contributed by atoms with E-state index in [4.69, 9.17) is 5.26 Å². The van der Waals surface area contributed by atoms with Crippen molar-refractivity contribution in [2.24, 2.45) is 0 Å². The molecule has 0 atom stereocenters. The second-order valence-corrected chi connectivity index (χ2v) is 5.55. The predicted molar refractivity (Wildman–Crippen MR) is 89.9 cm³/mol. The van der Waals surface area contributed by atoms with Gasteiger partial charge in [0.25, 0.3) is 0 Å². The standard InChI is InChI=1S/C18H12F3N5O/c19-18(20,21)16-10-15(2-1-12(16)11-22)26-8-5-14(25-26)9-17(27)24-13-3-6-23-7-4-13/h1-8,10H,9H2,(H,23,24,27). The van der Waals surface area contributed by atoms with E-state index in [2.05, 4.69) is 15.4 Å². The number of nitrogens with zero attached hydrogens (tertiary/aromatic N) is 4. The lowest BCUT2D eigenvalue weighted by molar-refractivity contribution is -0.137. The number of aromatic nitrogens is 3. The average Bonchev–Trinajstić information content (AvgIpc) is 3.09. The lowest BCUT2D eigenvalue weighted by Crippen LogP contribution is -2.15. The molecular weight excluding hydrogens is 359 g/mol. The van der Waals surface area contributed by atoms with Gasteiger partial charge in [-0.2, -0.15) is 23.5 Å². The summed E-state index contributed by atoms with van der Waals surface area (Å²) < 4.78 is 40.5. The Bertz CT molecular complexity index is 1010. The summed E-state index contributed by atoms with van der Waals surface area (Å²) in [5, 5.41) is 15.7. The molecule has 0 aliphatic heterocycles. The summed E-state index contributed by atoms with van der Waals surface area (Å²) in [5.74, 6) is -0.317. The van der Waals surface area contributed by atoms with Gasteiger partial charge in [-0.3, -0.25) is 9.78 Å². The van der Waals surface area contributed by atoms with Crippen molar-refractivity contribution in [3.63, 3.8) is 0 Å². The Morgan fingerprint density at radius 3 is 2.59 bits per heavy atom. The minimum Gasteiger partial charge on any atom is -0.326 e. The van der Waals surface area contributed by atoms with Crippen molar-refractivity contribution in [1.29, 1.82) is 5.26 Å². The number of nitriles is 1.